The van der Waals surface area contributed by atoms with Gasteiger partial charge >= 0.3 is 11.9 Å². The Labute approximate surface area is 367 Å². The lowest BCUT2D eigenvalue weighted by atomic mass is 9.85. The number of nitrogens with two attached hydrogens (primary N) is 1. The maximum Gasteiger partial charge on any atom is 0.340 e. The number of carboxylic acids is 1. The first kappa shape index (κ1) is 45.8. The Morgan fingerprint density at radius 2 is 1.63 bits per heavy atom. The van der Waals surface area contributed by atoms with E-state index in [-0.39, 0.29) is 57.3 Å². The molecule has 65 heavy (non-hydrogen) atoms. The van der Waals surface area contributed by atoms with Crippen LogP contribution in [0.25, 0.3) is 22.3 Å². The van der Waals surface area contributed by atoms with Gasteiger partial charge in [0.1, 0.15) is 58.7 Å². The van der Waals surface area contributed by atoms with Gasteiger partial charge in [0.2, 0.25) is 6.29 Å². The van der Waals surface area contributed by atoms with E-state index in [1.165, 1.54) is 24.4 Å². The van der Waals surface area contributed by atoms with Crippen LogP contribution in [0.15, 0.2) is 69.2 Å². The molecule has 3 aromatic rings. The Morgan fingerprint density at radius 3 is 2.31 bits per heavy atom. The molecule has 4 aliphatic heterocycles. The van der Waals surface area contributed by atoms with Crippen molar-refractivity contribution in [1.29, 1.82) is 0 Å². The lowest BCUT2D eigenvalue weighted by Crippen LogP contribution is -2.70. The zero-order valence-corrected chi connectivity index (χ0v) is 34.3. The van der Waals surface area contributed by atoms with E-state index in [2.05, 4.69) is 10.6 Å². The first-order valence-corrected chi connectivity index (χ1v) is 20.9. The van der Waals surface area contributed by atoms with Gasteiger partial charge in [0.05, 0.1) is 11.9 Å². The summed E-state index contributed by atoms with van der Waals surface area (Å²) in [6.07, 6.45) is -11.1. The molecule has 2 aromatic carbocycles. The van der Waals surface area contributed by atoms with E-state index in [1.807, 2.05) is 0 Å². The number of hydrogen-bond donors (Lipinski definition) is 14. The molecule has 12 atom stereocenters. The maximum absolute atomic E-state index is 14.0. The van der Waals surface area contributed by atoms with Gasteiger partial charge in [-0.05, 0) is 49.1 Å². The van der Waals surface area contributed by atoms with Crippen LogP contribution in [0.2, 0.25) is 0 Å². The number of carbonyl (C=O) groups excluding carboxylic acids is 1. The second-order valence-corrected chi connectivity index (χ2v) is 16.6. The standard InChI is InChI=1S/C43H49N3O19/c44-27-7-6-17(15-45-27)20-12-26(46-19-4-2-1-3-5-19)43(39(57)35(55)34(54)38(65-43)41(60)63-42-36(56)32(52)33(53)37(62-42)40(58)59)64-25-14-24-29(31(51)28(20)25)21(48)13-23(61-24)18-10-16(8-9-47)30(50)22(49)11-18/h6-7,10-15,19-20,27,32-39,42,45-47,49-57H,1-5,8-9,44H2,(H,58,59). The van der Waals surface area contributed by atoms with Crippen molar-refractivity contribution >= 4 is 22.9 Å². The van der Waals surface area contributed by atoms with Crippen LogP contribution in [0.1, 0.15) is 49.1 Å². The Balaban J connectivity index is 1.30. The molecule has 15 N–H and O–H groups in total. The Bertz CT molecular complexity index is 2500. The van der Waals surface area contributed by atoms with E-state index < -0.39 is 114 Å². The highest BCUT2D eigenvalue weighted by Gasteiger charge is 2.62. The number of aliphatic hydroxyl groups is 7. The predicted octanol–water partition coefficient (Wildman–Crippen LogP) is -1.66. The van der Waals surface area contributed by atoms with E-state index in [0.29, 0.717) is 18.4 Å². The molecule has 0 radical (unpaired) electrons. The van der Waals surface area contributed by atoms with Gasteiger partial charge in [-0.2, -0.15) is 0 Å². The lowest BCUT2D eigenvalue weighted by Gasteiger charge is -2.49. The summed E-state index contributed by atoms with van der Waals surface area (Å²) in [5.74, 6) is -9.58. The molecule has 22 heteroatoms. The van der Waals surface area contributed by atoms with E-state index in [9.17, 15) is 70.6 Å². The van der Waals surface area contributed by atoms with Gasteiger partial charge in [-0.15, -0.1) is 0 Å². The number of carbonyl (C=O) groups is 2. The molecule has 1 aromatic heterocycles. The third kappa shape index (κ3) is 8.26. The molecular weight excluding hydrogens is 862 g/mol. The van der Waals surface area contributed by atoms with Crippen molar-refractivity contribution in [3.63, 3.8) is 0 Å². The number of allylic oxidation sites excluding steroid dienone is 3. The van der Waals surface area contributed by atoms with Gasteiger partial charge in [0.25, 0.3) is 5.79 Å². The van der Waals surface area contributed by atoms with Crippen LogP contribution in [0.3, 0.4) is 0 Å². The van der Waals surface area contributed by atoms with E-state index in [0.717, 1.165) is 31.4 Å². The SMILES string of the molecule is NC1C=CC(C2C=C(NC3CCCCC3)C3(Oc4cc5oc(-c6cc(O)c(O)c(CCO)c6)cc(=O)c5c(O)c42)OC(C(=O)OC2OC(C(=O)O)C(O)C(O)C2O)C(O)C(O)C3O)=CN1. The smallest absolute Gasteiger partial charge is 0.340 e. The highest BCUT2D eigenvalue weighted by Crippen LogP contribution is 2.51. The molecule has 350 valence electrons. The van der Waals surface area contributed by atoms with Crippen LogP contribution in [0, 0.1) is 0 Å². The highest BCUT2D eigenvalue weighted by molar-refractivity contribution is 5.89. The van der Waals surface area contributed by atoms with Crippen molar-refractivity contribution in [3.05, 3.63) is 81.3 Å². The predicted molar refractivity (Wildman–Crippen MR) is 220 cm³/mol. The van der Waals surface area contributed by atoms with Crippen LogP contribution < -0.4 is 26.5 Å². The number of phenolic OH excluding ortho intramolecular Hbond substituents is 3. The number of carboxylic acid groups (broad SMARTS) is 1. The van der Waals surface area contributed by atoms with Crippen molar-refractivity contribution in [2.45, 2.75) is 118 Å². The monoisotopic (exact) mass is 911 g/mol. The molecule has 12 unspecified atom stereocenters. The minimum atomic E-state index is -2.75. The van der Waals surface area contributed by atoms with E-state index in [4.69, 9.17) is 29.1 Å². The summed E-state index contributed by atoms with van der Waals surface area (Å²) in [6.45, 7) is -0.399. The number of aromatic hydroxyl groups is 3. The minimum absolute atomic E-state index is 0.0788. The topological polar surface area (TPSA) is 374 Å². The molecule has 2 saturated heterocycles. The quantitative estimate of drug-likeness (QED) is 0.0843. The fourth-order valence-corrected chi connectivity index (χ4v) is 8.86. The Hall–Kier alpha value is -5.79. The fraction of sp³-hybridized carbons (Fsp3) is 0.465. The zero-order chi connectivity index (χ0) is 46.6. The van der Waals surface area contributed by atoms with Crippen molar-refractivity contribution < 1.29 is 89.1 Å². The number of hydrogen-bond acceptors (Lipinski definition) is 21. The maximum atomic E-state index is 14.0. The number of dihydropyridines is 1. The largest absolute Gasteiger partial charge is 0.507 e. The summed E-state index contributed by atoms with van der Waals surface area (Å²) in [5, 5.41) is 124. The molecule has 0 amide bonds. The van der Waals surface area contributed by atoms with Gasteiger partial charge in [-0.25, -0.2) is 9.59 Å². The van der Waals surface area contributed by atoms with E-state index in [1.54, 1.807) is 12.2 Å². The number of aliphatic hydroxyl groups excluding tert-OH is 7. The Morgan fingerprint density at radius 1 is 0.908 bits per heavy atom. The number of nitrogens with one attached hydrogen (secondary N) is 2. The summed E-state index contributed by atoms with van der Waals surface area (Å²) < 4.78 is 29.4. The van der Waals surface area contributed by atoms with Gasteiger partial charge < -0.3 is 95.9 Å². The zero-order valence-electron chi connectivity index (χ0n) is 34.3. The lowest BCUT2D eigenvalue weighted by molar-refractivity contribution is -0.326. The molecule has 3 fully saturated rings. The molecule has 1 aliphatic carbocycles. The summed E-state index contributed by atoms with van der Waals surface area (Å²) >= 11 is 0. The second-order valence-electron chi connectivity index (χ2n) is 16.6. The van der Waals surface area contributed by atoms with Gasteiger partial charge in [-0.3, -0.25) is 4.79 Å². The van der Waals surface area contributed by atoms with Crippen LogP contribution in [0.4, 0.5) is 0 Å². The van der Waals surface area contributed by atoms with Crippen LogP contribution in [-0.4, -0.2) is 148 Å². The number of fused-ring (bicyclic) bond motifs is 2. The molecule has 0 bridgehead atoms. The van der Waals surface area contributed by atoms with Crippen molar-refractivity contribution in [1.82, 2.24) is 10.6 Å². The van der Waals surface area contributed by atoms with Gasteiger partial charge in [0, 0.05) is 53.6 Å². The first-order chi connectivity index (χ1) is 30.9. The average Bonchev–Trinajstić information content (AvgIpc) is 3.40. The number of benzene rings is 2. The van der Waals surface area contributed by atoms with E-state index >= 15 is 0 Å². The first-order valence-electron chi connectivity index (χ1n) is 20.9. The number of aliphatic carboxylic acids is 1. The van der Waals surface area contributed by atoms with Crippen molar-refractivity contribution in [3.8, 4) is 34.3 Å². The normalized spacial score (nSPS) is 32.6. The average molecular weight is 912 g/mol. The molecule has 1 spiro atoms. The number of rotatable bonds is 9. The highest BCUT2D eigenvalue weighted by atomic mass is 16.8. The number of phenols is 3. The third-order valence-electron chi connectivity index (χ3n) is 12.3. The van der Waals surface area contributed by atoms with Crippen molar-refractivity contribution in [2.24, 2.45) is 5.73 Å². The number of esters is 1. The summed E-state index contributed by atoms with van der Waals surface area (Å²) in [7, 11) is 0. The number of ether oxygens (including phenoxy) is 4. The fourth-order valence-electron chi connectivity index (χ4n) is 8.86. The molecule has 8 rings (SSSR count). The minimum Gasteiger partial charge on any atom is -0.507 e. The summed E-state index contributed by atoms with van der Waals surface area (Å²) in [6, 6.07) is 4.35. The van der Waals surface area contributed by atoms with Gasteiger partial charge in [0.15, 0.2) is 35.2 Å². The molecule has 22 nitrogen and oxygen atoms in total. The Kier molecular flexibility index (Phi) is 12.6. The van der Waals surface area contributed by atoms with Crippen LogP contribution in [0.5, 0.6) is 23.0 Å². The molecule has 5 aliphatic rings. The molecule has 1 saturated carbocycles. The van der Waals surface area contributed by atoms with Crippen molar-refractivity contribution in [2.75, 3.05) is 6.61 Å². The third-order valence-corrected chi connectivity index (χ3v) is 12.3. The summed E-state index contributed by atoms with van der Waals surface area (Å²) in [4.78, 5) is 39.9. The van der Waals surface area contributed by atoms with Crippen LogP contribution in [-0.2, 0) is 30.2 Å². The summed E-state index contributed by atoms with van der Waals surface area (Å²) in [5.41, 5.74) is 5.33. The molecular formula is C43H49N3O19. The molecule has 5 heterocycles. The van der Waals surface area contributed by atoms with Gasteiger partial charge in [-0.1, -0.05) is 25.3 Å². The second kappa shape index (κ2) is 17.9. The van der Waals surface area contributed by atoms with Crippen LogP contribution >= 0.6 is 0 Å².